The third-order valence-electron chi connectivity index (χ3n) is 4.96. The van der Waals surface area contributed by atoms with Crippen molar-refractivity contribution in [3.63, 3.8) is 0 Å². The lowest BCUT2D eigenvalue weighted by Gasteiger charge is -2.23. The average molecular weight is 342 g/mol. The number of amides is 1. The normalized spacial score (nSPS) is 22.2. The zero-order chi connectivity index (χ0) is 17.2. The lowest BCUT2D eigenvalue weighted by atomic mass is 9.92. The van der Waals surface area contributed by atoms with Crippen molar-refractivity contribution in [1.82, 2.24) is 10.6 Å². The number of halogens is 3. The van der Waals surface area contributed by atoms with E-state index in [0.29, 0.717) is 12.3 Å². The molecule has 2 fully saturated rings. The first kappa shape index (κ1) is 17.1. The van der Waals surface area contributed by atoms with Crippen LogP contribution in [0.5, 0.6) is 5.75 Å². The van der Waals surface area contributed by atoms with Crippen LogP contribution >= 0.6 is 0 Å². The van der Waals surface area contributed by atoms with Gasteiger partial charge in [-0.25, -0.2) is 0 Å². The van der Waals surface area contributed by atoms with Crippen molar-refractivity contribution in [1.29, 1.82) is 0 Å². The summed E-state index contributed by atoms with van der Waals surface area (Å²) in [5.41, 5.74) is -0.506. The van der Waals surface area contributed by atoms with Crippen molar-refractivity contribution in [2.45, 2.75) is 25.4 Å². The highest BCUT2D eigenvalue weighted by atomic mass is 19.4. The third-order valence-corrected chi connectivity index (χ3v) is 4.96. The summed E-state index contributed by atoms with van der Waals surface area (Å²) in [6, 6.07) is 4.54. The Bertz CT molecular complexity index is 580. The molecule has 0 aromatic heterocycles. The number of ether oxygens (including phenoxy) is 1. The molecule has 1 aliphatic carbocycles. The van der Waals surface area contributed by atoms with E-state index in [-0.39, 0.29) is 23.8 Å². The van der Waals surface area contributed by atoms with Crippen LogP contribution in [-0.2, 0) is 11.0 Å². The number of carbonyl (C=O) groups is 1. The number of alkyl halides is 3. The van der Waals surface area contributed by atoms with Crippen LogP contribution in [0.4, 0.5) is 13.2 Å². The summed E-state index contributed by atoms with van der Waals surface area (Å²) < 4.78 is 42.7. The van der Waals surface area contributed by atoms with Gasteiger partial charge < -0.3 is 15.4 Å². The maximum Gasteiger partial charge on any atom is 0.416 e. The van der Waals surface area contributed by atoms with E-state index in [1.54, 1.807) is 0 Å². The van der Waals surface area contributed by atoms with E-state index < -0.39 is 11.7 Å². The average Bonchev–Trinajstić information content (AvgIpc) is 3.25. The fraction of sp³-hybridized carbons (Fsp3) is 0.588. The summed E-state index contributed by atoms with van der Waals surface area (Å²) in [7, 11) is 0. The van der Waals surface area contributed by atoms with Crippen LogP contribution in [0, 0.1) is 11.3 Å². The van der Waals surface area contributed by atoms with Crippen LogP contribution in [-0.4, -0.2) is 32.1 Å². The number of piperidine rings is 1. The molecule has 1 heterocycles. The molecule has 0 bridgehead atoms. The molecule has 1 aromatic carbocycles. The van der Waals surface area contributed by atoms with Gasteiger partial charge in [-0.1, -0.05) is 0 Å². The van der Waals surface area contributed by atoms with Gasteiger partial charge in [-0.05, 0) is 62.0 Å². The highest BCUT2D eigenvalue weighted by molar-refractivity contribution is 5.82. The molecule has 7 heteroatoms. The zero-order valence-electron chi connectivity index (χ0n) is 13.3. The van der Waals surface area contributed by atoms with Gasteiger partial charge in [0.15, 0.2) is 0 Å². The minimum Gasteiger partial charge on any atom is -0.492 e. The monoisotopic (exact) mass is 342 g/mol. The molecule has 0 radical (unpaired) electrons. The van der Waals surface area contributed by atoms with Crippen molar-refractivity contribution in [2.24, 2.45) is 11.3 Å². The van der Waals surface area contributed by atoms with Crippen LogP contribution < -0.4 is 15.4 Å². The molecule has 1 amide bonds. The van der Waals surface area contributed by atoms with Gasteiger partial charge in [-0.15, -0.1) is 0 Å². The topological polar surface area (TPSA) is 50.4 Å². The first-order chi connectivity index (χ1) is 11.4. The van der Waals surface area contributed by atoms with E-state index in [1.165, 1.54) is 12.1 Å². The van der Waals surface area contributed by atoms with Crippen LogP contribution in [0.2, 0.25) is 0 Å². The molecular formula is C17H21F3N2O2. The van der Waals surface area contributed by atoms with Crippen LogP contribution in [0.25, 0.3) is 0 Å². The molecule has 1 atom stereocenters. The smallest absolute Gasteiger partial charge is 0.416 e. The molecule has 2 aliphatic rings. The molecule has 1 saturated heterocycles. The Labute approximate surface area is 138 Å². The van der Waals surface area contributed by atoms with E-state index in [9.17, 15) is 18.0 Å². The van der Waals surface area contributed by atoms with E-state index in [4.69, 9.17) is 4.74 Å². The Hall–Kier alpha value is -1.76. The molecule has 3 rings (SSSR count). The van der Waals surface area contributed by atoms with Crippen molar-refractivity contribution < 1.29 is 22.7 Å². The second kappa shape index (κ2) is 6.63. The molecule has 1 unspecified atom stereocenters. The summed E-state index contributed by atoms with van der Waals surface area (Å²) in [4.78, 5) is 12.1. The van der Waals surface area contributed by atoms with Crippen molar-refractivity contribution >= 4 is 5.91 Å². The van der Waals surface area contributed by atoms with Gasteiger partial charge in [-0.3, -0.25) is 4.79 Å². The fourth-order valence-electron chi connectivity index (χ4n) is 3.40. The van der Waals surface area contributed by atoms with Crippen molar-refractivity contribution in [3.05, 3.63) is 29.8 Å². The predicted molar refractivity (Wildman–Crippen MR) is 82.6 cm³/mol. The predicted octanol–water partition coefficient (Wildman–Crippen LogP) is 2.59. The Kier molecular flexibility index (Phi) is 4.71. The van der Waals surface area contributed by atoms with E-state index in [0.717, 1.165) is 44.5 Å². The first-order valence-corrected chi connectivity index (χ1v) is 8.19. The Morgan fingerprint density at radius 1 is 1.25 bits per heavy atom. The van der Waals surface area contributed by atoms with Crippen LogP contribution in [0.1, 0.15) is 24.8 Å². The maximum atomic E-state index is 12.5. The number of hydrogen-bond acceptors (Lipinski definition) is 3. The van der Waals surface area contributed by atoms with Crippen LogP contribution in [0.15, 0.2) is 24.3 Å². The van der Waals surface area contributed by atoms with Gasteiger partial charge in [0, 0.05) is 5.92 Å². The molecule has 1 aromatic rings. The van der Waals surface area contributed by atoms with E-state index >= 15 is 0 Å². The second-order valence-electron chi connectivity index (χ2n) is 6.53. The summed E-state index contributed by atoms with van der Waals surface area (Å²) in [5, 5.41) is 6.16. The molecular weight excluding hydrogens is 321 g/mol. The zero-order valence-corrected chi connectivity index (χ0v) is 13.3. The third kappa shape index (κ3) is 3.83. The van der Waals surface area contributed by atoms with Gasteiger partial charge >= 0.3 is 6.18 Å². The molecule has 1 aliphatic heterocycles. The summed E-state index contributed by atoms with van der Waals surface area (Å²) in [6.45, 7) is 2.53. The minimum absolute atomic E-state index is 0.0629. The highest BCUT2D eigenvalue weighted by Crippen LogP contribution is 2.58. The minimum atomic E-state index is -4.35. The van der Waals surface area contributed by atoms with Gasteiger partial charge in [0.2, 0.25) is 5.91 Å². The molecule has 4 nitrogen and oxygen atoms in total. The SMILES string of the molecule is O=C(NCCOc1ccc(C(F)(F)F)cc1)C1CC12CCNCC2. The molecule has 1 saturated carbocycles. The number of benzene rings is 1. The summed E-state index contributed by atoms with van der Waals surface area (Å²) in [5.74, 6) is 0.525. The van der Waals surface area contributed by atoms with E-state index in [2.05, 4.69) is 10.6 Å². The van der Waals surface area contributed by atoms with Gasteiger partial charge in [0.25, 0.3) is 0 Å². The molecule has 132 valence electrons. The number of hydrogen-bond donors (Lipinski definition) is 2. The van der Waals surface area contributed by atoms with Gasteiger partial charge in [0.05, 0.1) is 12.1 Å². The Morgan fingerprint density at radius 3 is 2.54 bits per heavy atom. The quantitative estimate of drug-likeness (QED) is 0.809. The summed E-state index contributed by atoms with van der Waals surface area (Å²) in [6.07, 6.45) is -1.29. The van der Waals surface area contributed by atoms with Gasteiger partial charge in [0.1, 0.15) is 12.4 Å². The van der Waals surface area contributed by atoms with Crippen molar-refractivity contribution in [3.8, 4) is 5.75 Å². The summed E-state index contributed by atoms with van der Waals surface area (Å²) >= 11 is 0. The fourth-order valence-corrected chi connectivity index (χ4v) is 3.40. The number of rotatable bonds is 5. The maximum absolute atomic E-state index is 12.5. The number of carbonyl (C=O) groups excluding carboxylic acids is 1. The highest BCUT2D eigenvalue weighted by Gasteiger charge is 2.57. The number of nitrogens with one attached hydrogen (secondary N) is 2. The largest absolute Gasteiger partial charge is 0.492 e. The van der Waals surface area contributed by atoms with Crippen molar-refractivity contribution in [2.75, 3.05) is 26.2 Å². The first-order valence-electron chi connectivity index (χ1n) is 8.19. The van der Waals surface area contributed by atoms with E-state index in [1.807, 2.05) is 0 Å². The van der Waals surface area contributed by atoms with Crippen LogP contribution in [0.3, 0.4) is 0 Å². The lowest BCUT2D eigenvalue weighted by molar-refractivity contribution is -0.137. The molecule has 2 N–H and O–H groups in total. The van der Waals surface area contributed by atoms with Gasteiger partial charge in [-0.2, -0.15) is 13.2 Å². The molecule has 1 spiro atoms. The molecule has 24 heavy (non-hydrogen) atoms. The second-order valence-corrected chi connectivity index (χ2v) is 6.53. The Morgan fingerprint density at radius 2 is 1.92 bits per heavy atom. The Balaban J connectivity index is 1.37. The lowest BCUT2D eigenvalue weighted by Crippen LogP contribution is -2.35. The standard InChI is InChI=1S/C17H21F3N2O2/c18-17(19,20)12-1-3-13(4-2-12)24-10-9-22-15(23)14-11-16(14)5-7-21-8-6-16/h1-4,14,21H,5-11H2,(H,22,23).